The van der Waals surface area contributed by atoms with Crippen LogP contribution in [-0.2, 0) is 0 Å². The number of likely N-dealkylation sites (N-methyl/N-ethyl adjacent to an activating group) is 1. The zero-order valence-corrected chi connectivity index (χ0v) is 8.46. The van der Waals surface area contributed by atoms with E-state index in [4.69, 9.17) is 0 Å². The fourth-order valence-electron chi connectivity index (χ4n) is 0.754. The molecule has 0 saturated heterocycles. The van der Waals surface area contributed by atoms with E-state index in [9.17, 15) is 0 Å². The summed E-state index contributed by atoms with van der Waals surface area (Å²) in [5.41, 5.74) is 0. The largest absolute Gasteiger partial charge is 0.369 e. The summed E-state index contributed by atoms with van der Waals surface area (Å²) in [5, 5.41) is 9.22. The van der Waals surface area contributed by atoms with Gasteiger partial charge in [0.25, 0.3) is 0 Å². The van der Waals surface area contributed by atoms with Crippen LogP contribution in [0.4, 0.5) is 0 Å². The van der Waals surface area contributed by atoms with Crippen LogP contribution in [0.3, 0.4) is 0 Å². The van der Waals surface area contributed by atoms with E-state index in [1.54, 1.807) is 5.01 Å². The van der Waals surface area contributed by atoms with Crippen molar-refractivity contribution < 1.29 is 0 Å². The third kappa shape index (κ3) is 5.77. The topological polar surface area (TPSA) is 27.6 Å². The maximum atomic E-state index is 4.26. The average Bonchev–Trinajstić information content (AvgIpc) is 2.00. The molecule has 0 aromatic rings. The molecule has 0 unspecified atom stereocenters. The molecular weight excluding hydrogens is 150 g/mol. The zero-order valence-electron chi connectivity index (χ0n) is 8.46. The molecule has 0 aliphatic heterocycles. The van der Waals surface area contributed by atoms with Crippen LogP contribution >= 0.6 is 0 Å². The first-order valence-corrected chi connectivity index (χ1v) is 4.37. The van der Waals surface area contributed by atoms with Crippen molar-refractivity contribution >= 4 is 5.84 Å². The zero-order chi connectivity index (χ0) is 9.40. The minimum Gasteiger partial charge on any atom is -0.369 e. The summed E-state index contributed by atoms with van der Waals surface area (Å²) < 4.78 is 0. The van der Waals surface area contributed by atoms with E-state index in [2.05, 4.69) is 30.3 Å². The van der Waals surface area contributed by atoms with Gasteiger partial charge in [0.05, 0.1) is 0 Å². The monoisotopic (exact) mass is 169 g/mol. The van der Waals surface area contributed by atoms with Crippen LogP contribution in [0.1, 0.15) is 20.3 Å². The van der Waals surface area contributed by atoms with Crippen molar-refractivity contribution in [2.45, 2.75) is 20.3 Å². The number of hydrazone groups is 1. The van der Waals surface area contributed by atoms with E-state index in [1.807, 2.05) is 20.2 Å². The van der Waals surface area contributed by atoms with Gasteiger partial charge in [0, 0.05) is 20.6 Å². The molecule has 70 valence electrons. The van der Waals surface area contributed by atoms with Crippen molar-refractivity contribution in [3.63, 3.8) is 0 Å². The van der Waals surface area contributed by atoms with Gasteiger partial charge in [-0.05, 0) is 19.4 Å². The van der Waals surface area contributed by atoms with Gasteiger partial charge in [0.2, 0.25) is 0 Å². The summed E-state index contributed by atoms with van der Waals surface area (Å²) in [4.78, 5) is 0. The van der Waals surface area contributed by atoms with Gasteiger partial charge in [-0.1, -0.05) is 13.0 Å². The lowest BCUT2D eigenvalue weighted by Gasteiger charge is -2.08. The predicted molar refractivity (Wildman–Crippen MR) is 54.2 cm³/mol. The Morgan fingerprint density at radius 3 is 2.50 bits per heavy atom. The summed E-state index contributed by atoms with van der Waals surface area (Å²) in [5.74, 6) is 0.921. The van der Waals surface area contributed by atoms with E-state index in [0.717, 1.165) is 18.8 Å². The van der Waals surface area contributed by atoms with Crippen molar-refractivity contribution in [3.8, 4) is 0 Å². The molecule has 3 nitrogen and oxygen atoms in total. The fourth-order valence-corrected chi connectivity index (χ4v) is 0.754. The summed E-state index contributed by atoms with van der Waals surface area (Å²) in [7, 11) is 3.83. The number of hydrogen-bond acceptors (Lipinski definition) is 2. The van der Waals surface area contributed by atoms with Gasteiger partial charge in [0.15, 0.2) is 0 Å². The fraction of sp³-hybridized carbons (Fsp3) is 0.667. The van der Waals surface area contributed by atoms with Crippen molar-refractivity contribution in [3.05, 3.63) is 12.2 Å². The van der Waals surface area contributed by atoms with Crippen molar-refractivity contribution in [2.24, 2.45) is 5.10 Å². The standard InChI is InChI=1S/C9H19N3/c1-5-7-8-9(10-6-2)11-12(3)4/h7-8H,5-6H2,1-4H3,(H,10,11)/b8-7-. The molecule has 0 heterocycles. The Bertz CT molecular complexity index is 159. The maximum absolute atomic E-state index is 4.26. The Labute approximate surface area is 75.1 Å². The highest BCUT2D eigenvalue weighted by molar-refractivity contribution is 5.92. The molecule has 0 aromatic carbocycles. The van der Waals surface area contributed by atoms with E-state index < -0.39 is 0 Å². The van der Waals surface area contributed by atoms with Gasteiger partial charge >= 0.3 is 0 Å². The highest BCUT2D eigenvalue weighted by atomic mass is 15.4. The van der Waals surface area contributed by atoms with Gasteiger partial charge in [0.1, 0.15) is 5.84 Å². The van der Waals surface area contributed by atoms with Crippen molar-refractivity contribution in [1.82, 2.24) is 10.3 Å². The van der Waals surface area contributed by atoms with E-state index in [0.29, 0.717) is 0 Å². The number of nitrogens with one attached hydrogen (secondary N) is 1. The van der Waals surface area contributed by atoms with E-state index >= 15 is 0 Å². The lowest BCUT2D eigenvalue weighted by Crippen LogP contribution is -2.23. The molecule has 0 bridgehead atoms. The Morgan fingerprint density at radius 2 is 2.08 bits per heavy atom. The van der Waals surface area contributed by atoms with Crippen molar-refractivity contribution in [2.75, 3.05) is 20.6 Å². The first kappa shape index (κ1) is 11.0. The predicted octanol–water partition coefficient (Wildman–Crippen LogP) is 1.44. The average molecular weight is 169 g/mol. The van der Waals surface area contributed by atoms with E-state index in [-0.39, 0.29) is 0 Å². The Balaban J connectivity index is 4.12. The Morgan fingerprint density at radius 1 is 1.42 bits per heavy atom. The van der Waals surface area contributed by atoms with E-state index in [1.165, 1.54) is 0 Å². The molecular formula is C9H19N3. The molecule has 0 radical (unpaired) electrons. The molecule has 0 aliphatic carbocycles. The van der Waals surface area contributed by atoms with Crippen LogP contribution in [0.15, 0.2) is 17.3 Å². The Kier molecular flexibility index (Phi) is 6.15. The highest BCUT2D eigenvalue weighted by Crippen LogP contribution is 1.85. The van der Waals surface area contributed by atoms with Crippen LogP contribution in [0.5, 0.6) is 0 Å². The quantitative estimate of drug-likeness (QED) is 0.392. The molecule has 0 spiro atoms. The molecule has 0 fully saturated rings. The lowest BCUT2D eigenvalue weighted by molar-refractivity contribution is 0.435. The maximum Gasteiger partial charge on any atom is 0.145 e. The molecule has 0 amide bonds. The van der Waals surface area contributed by atoms with Crippen molar-refractivity contribution in [1.29, 1.82) is 0 Å². The third-order valence-electron chi connectivity index (χ3n) is 1.18. The summed E-state index contributed by atoms with van der Waals surface area (Å²) in [6.45, 7) is 5.07. The molecule has 0 aliphatic rings. The Hall–Kier alpha value is -0.990. The lowest BCUT2D eigenvalue weighted by atomic mass is 10.4. The highest BCUT2D eigenvalue weighted by Gasteiger charge is 1.90. The van der Waals surface area contributed by atoms with Gasteiger partial charge in [-0.25, -0.2) is 0 Å². The second-order valence-corrected chi connectivity index (χ2v) is 2.67. The minimum absolute atomic E-state index is 0.903. The summed E-state index contributed by atoms with van der Waals surface area (Å²) >= 11 is 0. The molecule has 0 rings (SSSR count). The van der Waals surface area contributed by atoms with Gasteiger partial charge in [-0.3, -0.25) is 0 Å². The van der Waals surface area contributed by atoms with Crippen LogP contribution in [-0.4, -0.2) is 31.5 Å². The minimum atomic E-state index is 0.903. The number of amidine groups is 1. The van der Waals surface area contributed by atoms with Gasteiger partial charge < -0.3 is 10.3 Å². The summed E-state index contributed by atoms with van der Waals surface area (Å²) in [6.07, 6.45) is 5.13. The van der Waals surface area contributed by atoms with Gasteiger partial charge in [-0.15, -0.1) is 0 Å². The normalized spacial score (nSPS) is 12.2. The first-order valence-electron chi connectivity index (χ1n) is 4.37. The van der Waals surface area contributed by atoms with Crippen LogP contribution < -0.4 is 5.32 Å². The number of allylic oxidation sites excluding steroid dienone is 1. The molecule has 12 heavy (non-hydrogen) atoms. The SMILES string of the molecule is CC/C=C\C(=N/N(C)C)NCC. The third-order valence-corrected chi connectivity index (χ3v) is 1.18. The second-order valence-electron chi connectivity index (χ2n) is 2.67. The molecule has 3 heteroatoms. The molecule has 1 N–H and O–H groups in total. The summed E-state index contributed by atoms with van der Waals surface area (Å²) in [6, 6.07) is 0. The first-order chi connectivity index (χ1) is 5.70. The van der Waals surface area contributed by atoms with Crippen LogP contribution in [0.25, 0.3) is 0 Å². The molecule has 0 atom stereocenters. The smallest absolute Gasteiger partial charge is 0.145 e. The molecule has 0 saturated carbocycles. The number of hydrogen-bond donors (Lipinski definition) is 1. The number of rotatable bonds is 4. The van der Waals surface area contributed by atoms with Crippen LogP contribution in [0, 0.1) is 0 Å². The second kappa shape index (κ2) is 6.70. The van der Waals surface area contributed by atoms with Gasteiger partial charge in [-0.2, -0.15) is 5.10 Å². The molecule has 0 aromatic heterocycles. The van der Waals surface area contributed by atoms with Crippen LogP contribution in [0.2, 0.25) is 0 Å². The number of nitrogens with zero attached hydrogens (tertiary/aromatic N) is 2.